The minimum atomic E-state index is -0.234. The van der Waals surface area contributed by atoms with Crippen LogP contribution in [0.5, 0.6) is 11.5 Å². The summed E-state index contributed by atoms with van der Waals surface area (Å²) in [5.74, 6) is 1.27. The normalized spacial score (nSPS) is 18.4. The average Bonchev–Trinajstić information content (AvgIpc) is 3.17. The molecule has 8 heteroatoms. The van der Waals surface area contributed by atoms with Crippen LogP contribution < -0.4 is 9.47 Å². The zero-order valence-electron chi connectivity index (χ0n) is 17.0. The molecule has 4 rings (SSSR count). The van der Waals surface area contributed by atoms with E-state index in [0.29, 0.717) is 38.2 Å². The fraction of sp³-hybridized carbons (Fsp3) is 0.409. The van der Waals surface area contributed by atoms with E-state index in [0.717, 1.165) is 16.9 Å². The molecule has 30 heavy (non-hydrogen) atoms. The minimum absolute atomic E-state index is 0.0556. The molecule has 1 aromatic carbocycles. The van der Waals surface area contributed by atoms with E-state index in [9.17, 15) is 9.59 Å². The molecule has 0 bridgehead atoms. The van der Waals surface area contributed by atoms with Gasteiger partial charge in [0.2, 0.25) is 18.6 Å². The zero-order valence-corrected chi connectivity index (χ0v) is 17.0. The van der Waals surface area contributed by atoms with Gasteiger partial charge in [-0.25, -0.2) is 0 Å². The molecular formula is C22H25N3O5. The second-order valence-electron chi connectivity index (χ2n) is 7.46. The smallest absolute Gasteiger partial charge is 0.242 e. The third kappa shape index (κ3) is 4.71. The Bertz CT molecular complexity index is 905. The Balaban J connectivity index is 1.38. The fourth-order valence-corrected chi connectivity index (χ4v) is 3.69. The van der Waals surface area contributed by atoms with Crippen LogP contribution in [0.4, 0.5) is 0 Å². The van der Waals surface area contributed by atoms with Gasteiger partial charge in [0.15, 0.2) is 11.5 Å². The van der Waals surface area contributed by atoms with Crippen LogP contribution in [-0.4, -0.2) is 66.2 Å². The van der Waals surface area contributed by atoms with Gasteiger partial charge in [-0.05, 0) is 35.7 Å². The third-order valence-corrected chi connectivity index (χ3v) is 5.37. The first-order chi connectivity index (χ1) is 14.6. The van der Waals surface area contributed by atoms with Crippen LogP contribution in [-0.2, 0) is 27.3 Å². The molecule has 158 valence electrons. The maximum atomic E-state index is 12.9. The summed E-state index contributed by atoms with van der Waals surface area (Å²) >= 11 is 0. The van der Waals surface area contributed by atoms with E-state index in [4.69, 9.17) is 14.2 Å². The highest BCUT2D eigenvalue weighted by Crippen LogP contribution is 2.32. The molecule has 0 saturated carbocycles. The Kier molecular flexibility index (Phi) is 6.13. The summed E-state index contributed by atoms with van der Waals surface area (Å²) in [6, 6.07) is 9.46. The number of aryl methyl sites for hydroxylation is 1. The highest BCUT2D eigenvalue weighted by atomic mass is 16.7. The molecule has 2 amide bonds. The summed E-state index contributed by atoms with van der Waals surface area (Å²) in [6.45, 7) is 1.56. The number of nitrogens with zero attached hydrogens (tertiary/aromatic N) is 3. The Morgan fingerprint density at radius 3 is 2.87 bits per heavy atom. The van der Waals surface area contributed by atoms with Crippen LogP contribution in [0.1, 0.15) is 17.5 Å². The number of carbonyl (C=O) groups is 2. The summed E-state index contributed by atoms with van der Waals surface area (Å²) < 4.78 is 16.3. The molecule has 0 radical (unpaired) electrons. The SMILES string of the molecule is CO[C@@H]1CN(C(=O)CCc2ccc3c(c2)OCO3)CC(=O)N(Cc2cccnc2)C1. The zero-order chi connectivity index (χ0) is 20.9. The first-order valence-electron chi connectivity index (χ1n) is 9.98. The largest absolute Gasteiger partial charge is 0.454 e. The molecule has 0 spiro atoms. The molecular weight excluding hydrogens is 386 g/mol. The molecule has 1 saturated heterocycles. The lowest BCUT2D eigenvalue weighted by Gasteiger charge is -2.23. The maximum absolute atomic E-state index is 12.9. The van der Waals surface area contributed by atoms with Gasteiger partial charge in [0.1, 0.15) is 0 Å². The predicted molar refractivity (Wildman–Crippen MR) is 108 cm³/mol. The summed E-state index contributed by atoms with van der Waals surface area (Å²) in [5, 5.41) is 0. The van der Waals surface area contributed by atoms with Crippen molar-refractivity contribution >= 4 is 11.8 Å². The van der Waals surface area contributed by atoms with Crippen molar-refractivity contribution in [3.63, 3.8) is 0 Å². The fourth-order valence-electron chi connectivity index (χ4n) is 3.69. The van der Waals surface area contributed by atoms with Gasteiger partial charge >= 0.3 is 0 Å². The van der Waals surface area contributed by atoms with Crippen molar-refractivity contribution in [1.82, 2.24) is 14.8 Å². The molecule has 1 atom stereocenters. The Morgan fingerprint density at radius 2 is 2.07 bits per heavy atom. The van der Waals surface area contributed by atoms with Crippen molar-refractivity contribution in [2.24, 2.45) is 0 Å². The van der Waals surface area contributed by atoms with Crippen molar-refractivity contribution < 1.29 is 23.8 Å². The van der Waals surface area contributed by atoms with Gasteiger partial charge in [-0.15, -0.1) is 0 Å². The van der Waals surface area contributed by atoms with Crippen molar-refractivity contribution in [2.75, 3.05) is 33.5 Å². The number of carbonyl (C=O) groups excluding carboxylic acids is 2. The molecule has 2 aliphatic rings. The van der Waals surface area contributed by atoms with Gasteiger partial charge in [0, 0.05) is 45.6 Å². The monoisotopic (exact) mass is 411 g/mol. The molecule has 0 unspecified atom stereocenters. The van der Waals surface area contributed by atoms with Gasteiger partial charge in [0.25, 0.3) is 0 Å². The lowest BCUT2D eigenvalue weighted by molar-refractivity contribution is -0.139. The summed E-state index contributed by atoms with van der Waals surface area (Å²) in [7, 11) is 1.61. The number of hydrogen-bond acceptors (Lipinski definition) is 6. The van der Waals surface area contributed by atoms with E-state index in [1.54, 1.807) is 29.3 Å². The molecule has 2 aromatic rings. The minimum Gasteiger partial charge on any atom is -0.454 e. The molecule has 3 heterocycles. The van der Waals surface area contributed by atoms with E-state index < -0.39 is 0 Å². The van der Waals surface area contributed by atoms with E-state index >= 15 is 0 Å². The number of benzene rings is 1. The van der Waals surface area contributed by atoms with Gasteiger partial charge in [-0.2, -0.15) is 0 Å². The number of fused-ring (bicyclic) bond motifs is 1. The topological polar surface area (TPSA) is 81.2 Å². The lowest BCUT2D eigenvalue weighted by atomic mass is 10.1. The first kappa shape index (κ1) is 20.2. The van der Waals surface area contributed by atoms with Crippen molar-refractivity contribution in [2.45, 2.75) is 25.5 Å². The number of amides is 2. The first-order valence-corrected chi connectivity index (χ1v) is 9.98. The van der Waals surface area contributed by atoms with Crippen LogP contribution in [0.15, 0.2) is 42.7 Å². The van der Waals surface area contributed by atoms with E-state index in [-0.39, 0.29) is 31.3 Å². The molecule has 1 aromatic heterocycles. The molecule has 0 aliphatic carbocycles. The van der Waals surface area contributed by atoms with Gasteiger partial charge < -0.3 is 24.0 Å². The number of ether oxygens (including phenoxy) is 3. The number of methoxy groups -OCH3 is 1. The number of pyridine rings is 1. The lowest BCUT2D eigenvalue weighted by Crippen LogP contribution is -2.39. The molecule has 8 nitrogen and oxygen atoms in total. The number of hydrogen-bond donors (Lipinski definition) is 0. The number of aromatic nitrogens is 1. The second-order valence-corrected chi connectivity index (χ2v) is 7.46. The van der Waals surface area contributed by atoms with Crippen LogP contribution in [0.2, 0.25) is 0 Å². The standard InChI is InChI=1S/C22H25N3O5/c1-28-18-12-24(11-17-3-2-8-23-10-17)22(27)14-25(13-18)21(26)7-5-16-4-6-19-20(9-16)30-15-29-19/h2-4,6,8-10,18H,5,7,11-15H2,1H3/t18-/m0/s1. The van der Waals surface area contributed by atoms with Gasteiger partial charge in [0.05, 0.1) is 12.6 Å². The highest BCUT2D eigenvalue weighted by Gasteiger charge is 2.30. The van der Waals surface area contributed by atoms with Crippen LogP contribution in [0.25, 0.3) is 0 Å². The Morgan fingerprint density at radius 1 is 1.20 bits per heavy atom. The van der Waals surface area contributed by atoms with Crippen LogP contribution >= 0.6 is 0 Å². The highest BCUT2D eigenvalue weighted by molar-refractivity contribution is 5.85. The predicted octanol–water partition coefficient (Wildman–Crippen LogP) is 1.63. The second kappa shape index (κ2) is 9.13. The van der Waals surface area contributed by atoms with Crippen LogP contribution in [0.3, 0.4) is 0 Å². The Labute approximate surface area is 175 Å². The van der Waals surface area contributed by atoms with Gasteiger partial charge in [-0.1, -0.05) is 12.1 Å². The van der Waals surface area contributed by atoms with Crippen LogP contribution in [0, 0.1) is 0 Å². The van der Waals surface area contributed by atoms with Crippen molar-refractivity contribution in [3.8, 4) is 11.5 Å². The van der Waals surface area contributed by atoms with E-state index in [2.05, 4.69) is 4.98 Å². The Hall–Kier alpha value is -3.13. The maximum Gasteiger partial charge on any atom is 0.242 e. The molecule has 2 aliphatic heterocycles. The summed E-state index contributed by atoms with van der Waals surface area (Å²) in [6.07, 6.45) is 4.09. The molecule has 0 N–H and O–H groups in total. The van der Waals surface area contributed by atoms with Crippen molar-refractivity contribution in [3.05, 3.63) is 53.9 Å². The van der Waals surface area contributed by atoms with Gasteiger partial charge in [-0.3, -0.25) is 14.6 Å². The van der Waals surface area contributed by atoms with Crippen molar-refractivity contribution in [1.29, 1.82) is 0 Å². The average molecular weight is 411 g/mol. The number of rotatable bonds is 6. The quantitative estimate of drug-likeness (QED) is 0.719. The van der Waals surface area contributed by atoms with E-state index in [1.807, 2.05) is 30.3 Å². The third-order valence-electron chi connectivity index (χ3n) is 5.37. The summed E-state index contributed by atoms with van der Waals surface area (Å²) in [4.78, 5) is 33.1. The van der Waals surface area contributed by atoms with E-state index in [1.165, 1.54) is 0 Å². The molecule has 1 fully saturated rings. The summed E-state index contributed by atoms with van der Waals surface area (Å²) in [5.41, 5.74) is 1.94.